The van der Waals surface area contributed by atoms with Gasteiger partial charge in [-0.1, -0.05) is 35.9 Å². The monoisotopic (exact) mass is 372 g/mol. The number of carbonyl (C=O) groups is 2. The van der Waals surface area contributed by atoms with Gasteiger partial charge in [0.25, 0.3) is 11.8 Å². The van der Waals surface area contributed by atoms with Gasteiger partial charge in [0.15, 0.2) is 6.54 Å². The summed E-state index contributed by atoms with van der Waals surface area (Å²) >= 11 is 6.02. The highest BCUT2D eigenvalue weighted by atomic mass is 35.5. The minimum Gasteiger partial charge on any atom is -0.349 e. The van der Waals surface area contributed by atoms with E-state index in [1.165, 1.54) is 0 Å². The van der Waals surface area contributed by atoms with E-state index in [-0.39, 0.29) is 30.4 Å². The predicted molar refractivity (Wildman–Crippen MR) is 102 cm³/mol. The van der Waals surface area contributed by atoms with Crippen molar-refractivity contribution in [2.45, 2.75) is 31.8 Å². The second-order valence-electron chi connectivity index (χ2n) is 6.63. The van der Waals surface area contributed by atoms with Crippen LogP contribution in [0.25, 0.3) is 0 Å². The Bertz CT molecular complexity index is 805. The SMILES string of the molecule is C[C@H]([NH2+]CC(=O)Nc1ccccc1C(=O)NC1CC1)c1cccc(Cl)c1. The number of hydrogen-bond acceptors (Lipinski definition) is 2. The molecule has 3 rings (SSSR count). The molecule has 2 amide bonds. The van der Waals surface area contributed by atoms with Crippen molar-refractivity contribution < 1.29 is 14.9 Å². The molecule has 0 aliphatic heterocycles. The molecular weight excluding hydrogens is 350 g/mol. The summed E-state index contributed by atoms with van der Waals surface area (Å²) in [5.74, 6) is -0.287. The van der Waals surface area contributed by atoms with E-state index in [0.717, 1.165) is 18.4 Å². The fourth-order valence-corrected chi connectivity index (χ4v) is 2.89. The number of nitrogens with one attached hydrogen (secondary N) is 2. The zero-order chi connectivity index (χ0) is 18.5. The van der Waals surface area contributed by atoms with Crippen LogP contribution in [0.1, 0.15) is 41.7 Å². The van der Waals surface area contributed by atoms with Gasteiger partial charge in [0.2, 0.25) is 0 Å². The molecule has 0 aromatic heterocycles. The van der Waals surface area contributed by atoms with E-state index in [0.29, 0.717) is 16.3 Å². The van der Waals surface area contributed by atoms with Gasteiger partial charge in [-0.3, -0.25) is 9.59 Å². The quantitative estimate of drug-likeness (QED) is 0.698. The van der Waals surface area contributed by atoms with Crippen molar-refractivity contribution in [2.24, 2.45) is 0 Å². The molecule has 4 N–H and O–H groups in total. The summed E-state index contributed by atoms with van der Waals surface area (Å²) < 4.78 is 0. The van der Waals surface area contributed by atoms with Crippen LogP contribution in [0.3, 0.4) is 0 Å². The van der Waals surface area contributed by atoms with Gasteiger partial charge in [-0.05, 0) is 44.0 Å². The zero-order valence-electron chi connectivity index (χ0n) is 14.7. The Hall–Kier alpha value is -2.37. The largest absolute Gasteiger partial charge is 0.349 e. The maximum absolute atomic E-state index is 12.3. The molecule has 0 bridgehead atoms. The van der Waals surface area contributed by atoms with E-state index < -0.39 is 0 Å². The Kier molecular flexibility index (Phi) is 5.91. The number of amides is 2. The molecule has 5 nitrogen and oxygen atoms in total. The first-order valence-corrected chi connectivity index (χ1v) is 9.19. The van der Waals surface area contributed by atoms with Gasteiger partial charge in [0.1, 0.15) is 6.04 Å². The number of quaternary nitrogens is 1. The summed E-state index contributed by atoms with van der Waals surface area (Å²) in [4.78, 5) is 24.6. The molecule has 1 fully saturated rings. The average molecular weight is 373 g/mol. The summed E-state index contributed by atoms with van der Waals surface area (Å²) in [6.45, 7) is 2.28. The van der Waals surface area contributed by atoms with E-state index >= 15 is 0 Å². The lowest BCUT2D eigenvalue weighted by molar-refractivity contribution is -0.682. The van der Waals surface area contributed by atoms with Crippen LogP contribution in [-0.2, 0) is 4.79 Å². The summed E-state index contributed by atoms with van der Waals surface area (Å²) in [6.07, 6.45) is 2.05. The van der Waals surface area contributed by atoms with Gasteiger partial charge in [-0.15, -0.1) is 0 Å². The third kappa shape index (κ3) is 5.07. The zero-order valence-corrected chi connectivity index (χ0v) is 15.4. The van der Waals surface area contributed by atoms with Crippen LogP contribution in [0.2, 0.25) is 5.02 Å². The van der Waals surface area contributed by atoms with E-state index in [4.69, 9.17) is 11.6 Å². The molecule has 0 saturated heterocycles. The van der Waals surface area contributed by atoms with Crippen LogP contribution in [0.15, 0.2) is 48.5 Å². The molecule has 136 valence electrons. The molecule has 6 heteroatoms. The Morgan fingerprint density at radius 2 is 1.96 bits per heavy atom. The average Bonchev–Trinajstić information content (AvgIpc) is 3.44. The molecule has 1 aliphatic carbocycles. The van der Waals surface area contributed by atoms with Crippen molar-refractivity contribution >= 4 is 29.1 Å². The van der Waals surface area contributed by atoms with Gasteiger partial charge in [-0.2, -0.15) is 0 Å². The smallest absolute Gasteiger partial charge is 0.279 e. The lowest BCUT2D eigenvalue weighted by atomic mass is 10.1. The number of carbonyl (C=O) groups excluding carboxylic acids is 2. The Morgan fingerprint density at radius 3 is 2.69 bits per heavy atom. The van der Waals surface area contributed by atoms with Crippen LogP contribution >= 0.6 is 11.6 Å². The Morgan fingerprint density at radius 1 is 1.19 bits per heavy atom. The third-order valence-corrected chi connectivity index (χ3v) is 4.62. The van der Waals surface area contributed by atoms with E-state index in [1.807, 2.05) is 42.6 Å². The summed E-state index contributed by atoms with van der Waals surface area (Å²) in [6, 6.07) is 15.1. The number of anilines is 1. The summed E-state index contributed by atoms with van der Waals surface area (Å²) in [5, 5.41) is 8.42. The fraction of sp³-hybridized carbons (Fsp3) is 0.300. The molecule has 0 heterocycles. The first kappa shape index (κ1) is 18.4. The predicted octanol–water partition coefficient (Wildman–Crippen LogP) is 2.50. The maximum Gasteiger partial charge on any atom is 0.279 e. The molecule has 2 aromatic rings. The Balaban J connectivity index is 1.57. The minimum atomic E-state index is -0.148. The van der Waals surface area contributed by atoms with E-state index in [1.54, 1.807) is 18.2 Å². The first-order valence-electron chi connectivity index (χ1n) is 8.81. The number of hydrogen-bond donors (Lipinski definition) is 3. The van der Waals surface area contributed by atoms with Crippen molar-refractivity contribution in [1.82, 2.24) is 5.32 Å². The molecular formula is C20H23ClN3O2+. The number of benzene rings is 2. The van der Waals surface area contributed by atoms with Crippen LogP contribution in [0.5, 0.6) is 0 Å². The third-order valence-electron chi connectivity index (χ3n) is 4.39. The molecule has 1 aliphatic rings. The molecule has 2 aromatic carbocycles. The van der Waals surface area contributed by atoms with Crippen LogP contribution in [-0.4, -0.2) is 24.4 Å². The number of rotatable bonds is 7. The number of halogens is 1. The highest BCUT2D eigenvalue weighted by Crippen LogP contribution is 2.21. The lowest BCUT2D eigenvalue weighted by Crippen LogP contribution is -2.86. The van der Waals surface area contributed by atoms with E-state index in [2.05, 4.69) is 10.6 Å². The van der Waals surface area contributed by atoms with Crippen molar-refractivity contribution in [1.29, 1.82) is 0 Å². The van der Waals surface area contributed by atoms with Gasteiger partial charge in [0.05, 0.1) is 11.3 Å². The summed E-state index contributed by atoms with van der Waals surface area (Å²) in [7, 11) is 0. The van der Waals surface area contributed by atoms with E-state index in [9.17, 15) is 9.59 Å². The van der Waals surface area contributed by atoms with Crippen LogP contribution in [0.4, 0.5) is 5.69 Å². The van der Waals surface area contributed by atoms with Gasteiger partial charge < -0.3 is 16.0 Å². The molecule has 1 atom stereocenters. The number of nitrogens with two attached hydrogens (primary N) is 1. The maximum atomic E-state index is 12.3. The topological polar surface area (TPSA) is 74.8 Å². The highest BCUT2D eigenvalue weighted by Gasteiger charge is 2.25. The van der Waals surface area contributed by atoms with Crippen LogP contribution < -0.4 is 16.0 Å². The highest BCUT2D eigenvalue weighted by molar-refractivity contribution is 6.30. The molecule has 0 unspecified atom stereocenters. The molecule has 0 radical (unpaired) electrons. The molecule has 0 spiro atoms. The second-order valence-corrected chi connectivity index (χ2v) is 7.06. The summed E-state index contributed by atoms with van der Waals surface area (Å²) in [5.41, 5.74) is 2.10. The molecule has 1 saturated carbocycles. The standard InChI is InChI=1S/C20H22ClN3O2/c1-13(14-5-4-6-15(21)11-14)22-12-19(25)24-18-8-3-2-7-17(18)20(26)23-16-9-10-16/h2-8,11,13,16,22H,9-10,12H2,1H3,(H,23,26)(H,24,25)/p+1/t13-/m0/s1. The fourth-order valence-electron chi connectivity index (χ4n) is 2.69. The van der Waals surface area contributed by atoms with Crippen molar-refractivity contribution in [3.63, 3.8) is 0 Å². The normalized spacial score (nSPS) is 14.5. The minimum absolute atomic E-state index is 0.104. The lowest BCUT2D eigenvalue weighted by Gasteiger charge is -2.13. The second kappa shape index (κ2) is 8.34. The van der Waals surface area contributed by atoms with Crippen molar-refractivity contribution in [2.75, 3.05) is 11.9 Å². The van der Waals surface area contributed by atoms with Gasteiger partial charge in [-0.25, -0.2) is 0 Å². The molecule has 26 heavy (non-hydrogen) atoms. The van der Waals surface area contributed by atoms with Crippen molar-refractivity contribution in [3.05, 3.63) is 64.7 Å². The first-order chi connectivity index (χ1) is 12.5. The van der Waals surface area contributed by atoms with Gasteiger partial charge in [0, 0.05) is 16.6 Å². The van der Waals surface area contributed by atoms with Gasteiger partial charge >= 0.3 is 0 Å². The Labute approximate surface area is 158 Å². The number of para-hydroxylation sites is 1. The van der Waals surface area contributed by atoms with Crippen molar-refractivity contribution in [3.8, 4) is 0 Å². The van der Waals surface area contributed by atoms with Crippen LogP contribution in [0, 0.1) is 0 Å².